The second kappa shape index (κ2) is 4.69. The zero-order valence-corrected chi connectivity index (χ0v) is 8.29. The van der Waals surface area contributed by atoms with Gasteiger partial charge < -0.3 is 10.5 Å². The van der Waals surface area contributed by atoms with E-state index in [2.05, 4.69) is 4.74 Å². The van der Waals surface area contributed by atoms with Crippen LogP contribution in [0.25, 0.3) is 0 Å². The maximum Gasteiger partial charge on any atom is 0.491 e. The van der Waals surface area contributed by atoms with Gasteiger partial charge in [0.05, 0.1) is 6.17 Å². The lowest BCUT2D eigenvalue weighted by molar-refractivity contribution is -0.194. The molecule has 0 saturated carbocycles. The van der Waals surface area contributed by atoms with Crippen LogP contribution in [0.1, 0.15) is 19.3 Å². The number of hydrogen-bond acceptors (Lipinski definition) is 4. The molecule has 1 atom stereocenters. The summed E-state index contributed by atoms with van der Waals surface area (Å²) in [6.45, 7) is 0.200. The van der Waals surface area contributed by atoms with Gasteiger partial charge in [-0.2, -0.15) is 13.2 Å². The predicted octanol–water partition coefficient (Wildman–Crippen LogP) is 0.983. The summed E-state index contributed by atoms with van der Waals surface area (Å²) in [4.78, 5) is 22.5. The van der Waals surface area contributed by atoms with Crippen LogP contribution in [0.5, 0.6) is 0 Å². The number of rotatable bonds is 0. The average molecular weight is 240 g/mol. The summed E-state index contributed by atoms with van der Waals surface area (Å²) in [6, 6.07) is 0. The van der Waals surface area contributed by atoms with Gasteiger partial charge in [-0.3, -0.25) is 4.90 Å². The fourth-order valence-electron chi connectivity index (χ4n) is 1.38. The molecular formula is C8H11F3N2O3. The number of alkyl halides is 3. The molecule has 92 valence electrons. The second-order valence-electron chi connectivity index (χ2n) is 3.41. The van der Waals surface area contributed by atoms with E-state index < -0.39 is 24.4 Å². The molecule has 0 aliphatic carbocycles. The molecule has 0 bridgehead atoms. The number of hydrogen-bond donors (Lipinski definition) is 1. The Morgan fingerprint density at radius 2 is 1.94 bits per heavy atom. The molecule has 1 rings (SSSR count). The Morgan fingerprint density at radius 3 is 2.44 bits per heavy atom. The minimum Gasteiger partial charge on any atom is -0.369 e. The summed E-state index contributed by atoms with van der Waals surface area (Å²) >= 11 is 0. The zero-order chi connectivity index (χ0) is 12.3. The van der Waals surface area contributed by atoms with Crippen molar-refractivity contribution in [3.63, 3.8) is 0 Å². The maximum atomic E-state index is 11.8. The van der Waals surface area contributed by atoms with Gasteiger partial charge >= 0.3 is 18.2 Å². The summed E-state index contributed by atoms with van der Waals surface area (Å²) in [6.07, 6.45) is -5.30. The standard InChI is InChI=1S/C8H11F3N2O3/c9-8(10,11)6(14)16-7(15)13-4-2-1-3-5(13)12/h5H,1-4,12H2. The Bertz CT molecular complexity index is 293. The van der Waals surface area contributed by atoms with Gasteiger partial charge in [-0.25, -0.2) is 9.59 Å². The number of nitrogens with zero attached hydrogens (tertiary/aromatic N) is 1. The van der Waals surface area contributed by atoms with Crippen LogP contribution < -0.4 is 5.73 Å². The second-order valence-corrected chi connectivity index (χ2v) is 3.41. The minimum atomic E-state index is -5.17. The zero-order valence-electron chi connectivity index (χ0n) is 8.29. The first-order valence-electron chi connectivity index (χ1n) is 4.67. The van der Waals surface area contributed by atoms with Crippen LogP contribution in [0.3, 0.4) is 0 Å². The Hall–Kier alpha value is -1.31. The third-order valence-electron chi connectivity index (χ3n) is 2.20. The Labute approximate surface area is 89.3 Å². The van der Waals surface area contributed by atoms with Crippen molar-refractivity contribution in [2.75, 3.05) is 6.54 Å². The van der Waals surface area contributed by atoms with Crippen LogP contribution in [-0.4, -0.2) is 35.8 Å². The average Bonchev–Trinajstić information content (AvgIpc) is 2.16. The molecular weight excluding hydrogens is 229 g/mol. The molecule has 0 radical (unpaired) electrons. The number of ether oxygens (including phenoxy) is 1. The Morgan fingerprint density at radius 1 is 1.31 bits per heavy atom. The van der Waals surface area contributed by atoms with Gasteiger partial charge in [-0.1, -0.05) is 0 Å². The molecule has 2 N–H and O–H groups in total. The molecule has 1 amide bonds. The van der Waals surface area contributed by atoms with E-state index in [9.17, 15) is 22.8 Å². The first-order chi connectivity index (χ1) is 7.32. The molecule has 16 heavy (non-hydrogen) atoms. The van der Waals surface area contributed by atoms with Crippen molar-refractivity contribution < 1.29 is 27.5 Å². The number of amides is 1. The number of nitrogens with two attached hydrogens (primary N) is 1. The molecule has 0 aromatic heterocycles. The van der Waals surface area contributed by atoms with Crippen molar-refractivity contribution in [3.8, 4) is 0 Å². The fraction of sp³-hybridized carbons (Fsp3) is 0.750. The summed E-state index contributed by atoms with van der Waals surface area (Å²) in [5.41, 5.74) is 5.50. The van der Waals surface area contributed by atoms with Crippen LogP contribution in [0.2, 0.25) is 0 Å². The van der Waals surface area contributed by atoms with E-state index in [1.807, 2.05) is 0 Å². The number of likely N-dealkylation sites (tertiary alicyclic amines) is 1. The lowest BCUT2D eigenvalue weighted by atomic mass is 10.1. The molecule has 1 fully saturated rings. The van der Waals surface area contributed by atoms with Gasteiger partial charge in [-0.15, -0.1) is 0 Å². The summed E-state index contributed by atoms with van der Waals surface area (Å²) in [5, 5.41) is 0. The highest BCUT2D eigenvalue weighted by Crippen LogP contribution is 2.19. The van der Waals surface area contributed by atoms with Crippen LogP contribution in [0.15, 0.2) is 0 Å². The predicted molar refractivity (Wildman–Crippen MR) is 46.1 cm³/mol. The van der Waals surface area contributed by atoms with Crippen LogP contribution in [0.4, 0.5) is 18.0 Å². The highest BCUT2D eigenvalue weighted by Gasteiger charge is 2.43. The van der Waals surface area contributed by atoms with E-state index in [-0.39, 0.29) is 6.54 Å². The van der Waals surface area contributed by atoms with E-state index in [1.54, 1.807) is 0 Å². The molecule has 0 aromatic rings. The number of halogens is 3. The minimum absolute atomic E-state index is 0.200. The van der Waals surface area contributed by atoms with Crippen LogP contribution in [-0.2, 0) is 9.53 Å². The normalized spacial score (nSPS) is 21.8. The molecule has 0 aromatic carbocycles. The quantitative estimate of drug-likeness (QED) is 0.506. The van der Waals surface area contributed by atoms with E-state index in [0.29, 0.717) is 12.8 Å². The van der Waals surface area contributed by atoms with Crippen LogP contribution >= 0.6 is 0 Å². The number of esters is 1. The largest absolute Gasteiger partial charge is 0.491 e. The SMILES string of the molecule is NC1CCCCN1C(=O)OC(=O)C(F)(F)F. The molecule has 8 heteroatoms. The van der Waals surface area contributed by atoms with Crippen molar-refractivity contribution in [1.82, 2.24) is 4.90 Å². The van der Waals surface area contributed by atoms with E-state index >= 15 is 0 Å². The fourth-order valence-corrected chi connectivity index (χ4v) is 1.38. The van der Waals surface area contributed by atoms with Gasteiger partial charge in [0.1, 0.15) is 0 Å². The number of piperidine rings is 1. The highest BCUT2D eigenvalue weighted by molar-refractivity contribution is 5.87. The lowest BCUT2D eigenvalue weighted by Crippen LogP contribution is -2.50. The summed E-state index contributed by atoms with van der Waals surface area (Å²) in [7, 11) is 0. The lowest BCUT2D eigenvalue weighted by Gasteiger charge is -2.31. The molecule has 1 unspecified atom stereocenters. The molecule has 1 saturated heterocycles. The highest BCUT2D eigenvalue weighted by atomic mass is 19.4. The number of carbonyl (C=O) groups is 2. The smallest absolute Gasteiger partial charge is 0.369 e. The topological polar surface area (TPSA) is 72.6 Å². The molecule has 0 spiro atoms. The van der Waals surface area contributed by atoms with Gasteiger partial charge in [-0.05, 0) is 19.3 Å². The van der Waals surface area contributed by atoms with Crippen molar-refractivity contribution in [2.24, 2.45) is 5.73 Å². The third kappa shape index (κ3) is 3.09. The number of carbonyl (C=O) groups excluding carboxylic acids is 2. The molecule has 5 nitrogen and oxygen atoms in total. The van der Waals surface area contributed by atoms with Gasteiger partial charge in [0.2, 0.25) is 0 Å². The first-order valence-corrected chi connectivity index (χ1v) is 4.67. The van der Waals surface area contributed by atoms with Crippen molar-refractivity contribution in [1.29, 1.82) is 0 Å². The van der Waals surface area contributed by atoms with Gasteiger partial charge in [0.15, 0.2) is 0 Å². The maximum absolute atomic E-state index is 11.8. The van der Waals surface area contributed by atoms with E-state index in [4.69, 9.17) is 5.73 Å². The van der Waals surface area contributed by atoms with Crippen LogP contribution in [0, 0.1) is 0 Å². The summed E-state index contributed by atoms with van der Waals surface area (Å²) in [5.74, 6) is -2.52. The van der Waals surface area contributed by atoms with Gasteiger partial charge in [0, 0.05) is 6.54 Å². The third-order valence-corrected chi connectivity index (χ3v) is 2.20. The van der Waals surface area contributed by atoms with Crippen molar-refractivity contribution >= 4 is 12.1 Å². The van der Waals surface area contributed by atoms with Crippen molar-refractivity contribution in [2.45, 2.75) is 31.6 Å². The molecule has 1 aliphatic rings. The Balaban J connectivity index is 2.55. The Kier molecular flexibility index (Phi) is 3.74. The van der Waals surface area contributed by atoms with Crippen molar-refractivity contribution in [3.05, 3.63) is 0 Å². The monoisotopic (exact) mass is 240 g/mol. The van der Waals surface area contributed by atoms with E-state index in [0.717, 1.165) is 11.3 Å². The molecule has 1 heterocycles. The molecule has 1 aliphatic heterocycles. The van der Waals surface area contributed by atoms with E-state index in [1.165, 1.54) is 0 Å². The first kappa shape index (κ1) is 12.8. The summed E-state index contributed by atoms with van der Waals surface area (Å²) < 4.78 is 39.1. The van der Waals surface area contributed by atoms with Gasteiger partial charge in [0.25, 0.3) is 0 Å².